The van der Waals surface area contributed by atoms with E-state index in [1.54, 1.807) is 6.07 Å². The van der Waals surface area contributed by atoms with Crippen LogP contribution >= 0.6 is 0 Å². The summed E-state index contributed by atoms with van der Waals surface area (Å²) in [7, 11) is 0. The van der Waals surface area contributed by atoms with Gasteiger partial charge in [-0.05, 0) is 39.2 Å². The van der Waals surface area contributed by atoms with Crippen molar-refractivity contribution in [1.82, 2.24) is 9.47 Å². The lowest BCUT2D eigenvalue weighted by molar-refractivity contribution is -0.0599. The summed E-state index contributed by atoms with van der Waals surface area (Å²) < 4.78 is 7.62. The van der Waals surface area contributed by atoms with Gasteiger partial charge < -0.3 is 14.4 Å². The number of pyridine rings is 1. The zero-order chi connectivity index (χ0) is 16.6. The van der Waals surface area contributed by atoms with Crippen LogP contribution < -0.4 is 5.56 Å². The van der Waals surface area contributed by atoms with Gasteiger partial charge in [0.25, 0.3) is 5.56 Å². The number of aliphatic hydroxyl groups is 1. The average molecular weight is 320 g/mol. The third kappa shape index (κ3) is 4.03. The summed E-state index contributed by atoms with van der Waals surface area (Å²) in [5.74, 6) is 0.893. The Labute approximate surface area is 137 Å². The van der Waals surface area contributed by atoms with Gasteiger partial charge >= 0.3 is 0 Å². The lowest BCUT2D eigenvalue weighted by Gasteiger charge is -2.43. The summed E-state index contributed by atoms with van der Waals surface area (Å²) in [6.45, 7) is 9.66. The van der Waals surface area contributed by atoms with E-state index in [0.29, 0.717) is 25.0 Å². The molecule has 1 aromatic rings. The molecular formula is C18H28N2O3. The van der Waals surface area contributed by atoms with E-state index in [1.807, 2.05) is 31.4 Å². The highest BCUT2D eigenvalue weighted by Gasteiger charge is 2.34. The predicted molar refractivity (Wildman–Crippen MR) is 89.7 cm³/mol. The maximum atomic E-state index is 12.0. The van der Waals surface area contributed by atoms with E-state index in [-0.39, 0.29) is 11.2 Å². The van der Waals surface area contributed by atoms with Crippen molar-refractivity contribution in [3.8, 4) is 0 Å². The van der Waals surface area contributed by atoms with Crippen molar-refractivity contribution >= 4 is 0 Å². The number of hydrogen-bond donors (Lipinski definition) is 1. The topological polar surface area (TPSA) is 54.7 Å². The van der Waals surface area contributed by atoms with E-state index in [1.165, 1.54) is 0 Å². The van der Waals surface area contributed by atoms with Crippen molar-refractivity contribution in [3.05, 3.63) is 34.2 Å². The van der Waals surface area contributed by atoms with Gasteiger partial charge in [0.05, 0.1) is 18.3 Å². The molecule has 3 rings (SSSR count). The zero-order valence-electron chi connectivity index (χ0n) is 14.4. The monoisotopic (exact) mass is 320 g/mol. The summed E-state index contributed by atoms with van der Waals surface area (Å²) in [6.07, 6.45) is 0.681. The molecule has 3 atom stereocenters. The molecule has 3 heterocycles. The highest BCUT2D eigenvalue weighted by Crippen LogP contribution is 2.34. The Kier molecular flexibility index (Phi) is 4.63. The maximum Gasteiger partial charge on any atom is 0.250 e. The minimum Gasteiger partial charge on any atom is -0.389 e. The first kappa shape index (κ1) is 16.7. The van der Waals surface area contributed by atoms with Gasteiger partial charge in [-0.15, -0.1) is 0 Å². The standard InChI is InChI=1S/C18H28N2O3/c1-18(2,3)23-12-15(21)11-19-8-13-7-14(10-19)16-5-4-6-17(22)20(16)9-13/h4-6,13-15,21H,7-12H2,1-3H3/t13-,14-,15-/m0/s1. The number of β-amino-alcohol motifs (C(OH)–C–C–N with tert-alkyl or cyclic N) is 1. The van der Waals surface area contributed by atoms with E-state index in [9.17, 15) is 9.90 Å². The summed E-state index contributed by atoms with van der Waals surface area (Å²) in [5.41, 5.74) is 1.04. The second kappa shape index (κ2) is 6.38. The number of rotatable bonds is 4. The minimum absolute atomic E-state index is 0.115. The second-order valence-electron chi connectivity index (χ2n) is 7.99. The van der Waals surface area contributed by atoms with Crippen LogP contribution in [0.1, 0.15) is 38.8 Å². The van der Waals surface area contributed by atoms with Crippen molar-refractivity contribution in [1.29, 1.82) is 0 Å². The minimum atomic E-state index is -0.467. The van der Waals surface area contributed by atoms with Gasteiger partial charge in [-0.1, -0.05) is 6.07 Å². The van der Waals surface area contributed by atoms with Gasteiger partial charge in [0, 0.05) is 43.9 Å². The Morgan fingerprint density at radius 3 is 2.83 bits per heavy atom. The first-order valence-corrected chi connectivity index (χ1v) is 8.56. The lowest BCUT2D eigenvalue weighted by Crippen LogP contribution is -2.49. The molecule has 5 nitrogen and oxygen atoms in total. The number of likely N-dealkylation sites (tertiary alicyclic amines) is 1. The van der Waals surface area contributed by atoms with Crippen LogP contribution in [-0.4, -0.2) is 52.5 Å². The molecule has 0 aromatic carbocycles. The van der Waals surface area contributed by atoms with Gasteiger partial charge in [0.2, 0.25) is 0 Å². The van der Waals surface area contributed by atoms with Crippen LogP contribution in [0.15, 0.2) is 23.0 Å². The van der Waals surface area contributed by atoms with E-state index >= 15 is 0 Å². The molecule has 5 heteroatoms. The van der Waals surface area contributed by atoms with E-state index in [4.69, 9.17) is 4.74 Å². The third-order valence-electron chi connectivity index (χ3n) is 4.73. The van der Waals surface area contributed by atoms with E-state index in [2.05, 4.69) is 11.0 Å². The third-order valence-corrected chi connectivity index (χ3v) is 4.73. The fourth-order valence-electron chi connectivity index (χ4n) is 3.84. The van der Waals surface area contributed by atoms with Crippen molar-refractivity contribution in [2.24, 2.45) is 5.92 Å². The highest BCUT2D eigenvalue weighted by molar-refractivity contribution is 5.16. The van der Waals surface area contributed by atoms with Crippen molar-refractivity contribution in [3.63, 3.8) is 0 Å². The number of nitrogens with zero attached hydrogens (tertiary/aromatic N) is 2. The summed E-state index contributed by atoms with van der Waals surface area (Å²) >= 11 is 0. The maximum absolute atomic E-state index is 12.0. The molecule has 23 heavy (non-hydrogen) atoms. The quantitative estimate of drug-likeness (QED) is 0.912. The Morgan fingerprint density at radius 2 is 2.09 bits per heavy atom. The first-order chi connectivity index (χ1) is 10.8. The number of aromatic nitrogens is 1. The fourth-order valence-corrected chi connectivity index (χ4v) is 3.84. The molecule has 1 aromatic heterocycles. The Morgan fingerprint density at radius 1 is 1.30 bits per heavy atom. The molecule has 0 radical (unpaired) electrons. The molecule has 0 aliphatic carbocycles. The van der Waals surface area contributed by atoms with Crippen molar-refractivity contribution in [2.75, 3.05) is 26.2 Å². The largest absolute Gasteiger partial charge is 0.389 e. The normalized spacial score (nSPS) is 25.9. The van der Waals surface area contributed by atoms with Crippen LogP contribution in [0.4, 0.5) is 0 Å². The molecular weight excluding hydrogens is 292 g/mol. The summed E-state index contributed by atoms with van der Waals surface area (Å²) in [6, 6.07) is 5.58. The molecule has 0 spiro atoms. The van der Waals surface area contributed by atoms with Crippen LogP contribution in [-0.2, 0) is 11.3 Å². The van der Waals surface area contributed by atoms with Crippen LogP contribution in [0, 0.1) is 5.92 Å². The molecule has 2 bridgehead atoms. The smallest absolute Gasteiger partial charge is 0.250 e. The lowest BCUT2D eigenvalue weighted by atomic mass is 9.83. The number of hydrogen-bond acceptors (Lipinski definition) is 4. The molecule has 1 N–H and O–H groups in total. The first-order valence-electron chi connectivity index (χ1n) is 8.56. The molecule has 0 unspecified atom stereocenters. The molecule has 2 aliphatic heterocycles. The highest BCUT2D eigenvalue weighted by atomic mass is 16.5. The average Bonchev–Trinajstić information content (AvgIpc) is 2.46. The number of aliphatic hydroxyl groups excluding tert-OH is 1. The van der Waals surface area contributed by atoms with E-state index in [0.717, 1.165) is 31.7 Å². The molecule has 2 aliphatic rings. The summed E-state index contributed by atoms with van der Waals surface area (Å²) in [5, 5.41) is 10.2. The zero-order valence-corrected chi connectivity index (χ0v) is 14.4. The molecule has 0 amide bonds. The van der Waals surface area contributed by atoms with Crippen molar-refractivity contribution < 1.29 is 9.84 Å². The van der Waals surface area contributed by atoms with Crippen LogP contribution in [0.3, 0.4) is 0 Å². The SMILES string of the molecule is CC(C)(C)OC[C@@H](O)CN1C[C@@H]2C[C@@H](C1)c1cccc(=O)n1C2. The van der Waals surface area contributed by atoms with Crippen LogP contribution in [0.5, 0.6) is 0 Å². The van der Waals surface area contributed by atoms with Gasteiger partial charge in [-0.2, -0.15) is 0 Å². The molecule has 1 fully saturated rings. The summed E-state index contributed by atoms with van der Waals surface area (Å²) in [4.78, 5) is 14.4. The second-order valence-corrected chi connectivity index (χ2v) is 7.99. The number of piperidine rings is 1. The van der Waals surface area contributed by atoms with E-state index < -0.39 is 6.10 Å². The molecule has 1 saturated heterocycles. The van der Waals surface area contributed by atoms with Gasteiger partial charge in [-0.25, -0.2) is 0 Å². The number of ether oxygens (including phenoxy) is 1. The Hall–Kier alpha value is -1.17. The fraction of sp³-hybridized carbons (Fsp3) is 0.722. The Bertz CT molecular complexity index is 605. The van der Waals surface area contributed by atoms with Crippen LogP contribution in [0.25, 0.3) is 0 Å². The predicted octanol–water partition coefficient (Wildman–Crippen LogP) is 1.44. The van der Waals surface area contributed by atoms with Gasteiger partial charge in [0.15, 0.2) is 0 Å². The molecule has 0 saturated carbocycles. The van der Waals surface area contributed by atoms with Gasteiger partial charge in [-0.3, -0.25) is 9.69 Å². The van der Waals surface area contributed by atoms with Gasteiger partial charge in [0.1, 0.15) is 0 Å². The Balaban J connectivity index is 1.63. The van der Waals surface area contributed by atoms with Crippen molar-refractivity contribution in [2.45, 2.75) is 51.4 Å². The molecule has 128 valence electrons. The number of fused-ring (bicyclic) bond motifs is 4. The van der Waals surface area contributed by atoms with Crippen LogP contribution in [0.2, 0.25) is 0 Å².